The Kier molecular flexibility index (Phi) is 8.13. The lowest BCUT2D eigenvalue weighted by atomic mass is 10.0. The van der Waals surface area contributed by atoms with Crippen molar-refractivity contribution in [2.75, 3.05) is 19.6 Å². The van der Waals surface area contributed by atoms with Gasteiger partial charge in [0.15, 0.2) is 0 Å². The molecule has 0 radical (unpaired) electrons. The fraction of sp³-hybridized carbons (Fsp3) is 0.435. The summed E-state index contributed by atoms with van der Waals surface area (Å²) in [6.45, 7) is 8.91. The first-order valence-corrected chi connectivity index (χ1v) is 12.2. The van der Waals surface area contributed by atoms with Gasteiger partial charge in [-0.25, -0.2) is 4.79 Å². The zero-order valence-electron chi connectivity index (χ0n) is 17.6. The molecule has 1 heterocycles. The van der Waals surface area contributed by atoms with E-state index in [1.165, 1.54) is 16.0 Å². The van der Waals surface area contributed by atoms with Crippen LogP contribution < -0.4 is 5.32 Å². The first kappa shape index (κ1) is 23.5. The molecule has 1 N–H and O–H groups in total. The zero-order valence-corrected chi connectivity index (χ0v) is 20.7. The number of nitrogens with zero attached hydrogens (tertiary/aromatic N) is 1. The fourth-order valence-electron chi connectivity index (χ4n) is 3.14. The van der Waals surface area contributed by atoms with Crippen LogP contribution in [0.5, 0.6) is 0 Å². The van der Waals surface area contributed by atoms with E-state index in [-0.39, 0.29) is 6.09 Å². The van der Waals surface area contributed by atoms with Crippen molar-refractivity contribution >= 4 is 45.4 Å². The second kappa shape index (κ2) is 10.4. The van der Waals surface area contributed by atoms with Crippen molar-refractivity contribution in [2.24, 2.45) is 5.92 Å². The normalized spacial score (nSPS) is 14.5. The maximum atomic E-state index is 12.0. The van der Waals surface area contributed by atoms with Gasteiger partial charge in [-0.15, -0.1) is 11.8 Å². The summed E-state index contributed by atoms with van der Waals surface area (Å²) in [4.78, 5) is 15.0. The number of hydrogen-bond acceptors (Lipinski definition) is 4. The standard InChI is InChI=1S/C23H28BrClN2O2S/c1-23(2,3)29-22(28)27-13-17(14-27)12-26-11-16-5-4-6-20(9-16)30-15-18-7-8-19(25)10-21(18)24/h4-10,17,26H,11-15H2,1-3H3. The molecule has 1 aliphatic rings. The van der Waals surface area contributed by atoms with E-state index >= 15 is 0 Å². The Hall–Kier alpha value is -1.21. The number of hydrogen-bond donors (Lipinski definition) is 1. The second-order valence-corrected chi connectivity index (χ2v) is 10.9. The lowest BCUT2D eigenvalue weighted by molar-refractivity contribution is -0.000800. The molecule has 0 aromatic heterocycles. The Morgan fingerprint density at radius 3 is 2.73 bits per heavy atom. The molecule has 2 aromatic carbocycles. The predicted octanol–water partition coefficient (Wildman–Crippen LogP) is 6.35. The molecule has 3 rings (SSSR count). The fourth-order valence-corrected chi connectivity index (χ4v) is 5.13. The predicted molar refractivity (Wildman–Crippen MR) is 128 cm³/mol. The molecule has 0 saturated carbocycles. The minimum Gasteiger partial charge on any atom is -0.444 e. The topological polar surface area (TPSA) is 41.6 Å². The summed E-state index contributed by atoms with van der Waals surface area (Å²) in [5.74, 6) is 1.37. The van der Waals surface area contributed by atoms with Crippen molar-refractivity contribution in [1.82, 2.24) is 10.2 Å². The molecule has 2 aromatic rings. The molecular formula is C23H28BrClN2O2S. The third-order valence-corrected chi connectivity index (χ3v) is 6.69. The highest BCUT2D eigenvalue weighted by molar-refractivity contribution is 9.10. The van der Waals surface area contributed by atoms with Gasteiger partial charge < -0.3 is 15.0 Å². The second-order valence-electron chi connectivity index (χ2n) is 8.55. The first-order chi connectivity index (χ1) is 14.2. The molecule has 0 atom stereocenters. The van der Waals surface area contributed by atoms with Gasteiger partial charge in [-0.05, 0) is 56.2 Å². The van der Waals surface area contributed by atoms with E-state index < -0.39 is 5.60 Å². The molecule has 0 spiro atoms. The minimum atomic E-state index is -0.437. The van der Waals surface area contributed by atoms with E-state index in [2.05, 4.69) is 51.6 Å². The highest BCUT2D eigenvalue weighted by Gasteiger charge is 2.33. The number of thioether (sulfide) groups is 1. The Morgan fingerprint density at radius 2 is 2.03 bits per heavy atom. The van der Waals surface area contributed by atoms with Crippen molar-refractivity contribution in [3.05, 3.63) is 63.1 Å². The summed E-state index contributed by atoms with van der Waals surface area (Å²) >= 11 is 11.4. The van der Waals surface area contributed by atoms with E-state index in [0.717, 1.165) is 41.4 Å². The molecular weight excluding hydrogens is 484 g/mol. The van der Waals surface area contributed by atoms with Gasteiger partial charge in [-0.1, -0.05) is 45.7 Å². The van der Waals surface area contributed by atoms with Crippen molar-refractivity contribution in [1.29, 1.82) is 0 Å². The Balaban J connectivity index is 1.39. The van der Waals surface area contributed by atoms with Crippen LogP contribution in [0.25, 0.3) is 0 Å². The van der Waals surface area contributed by atoms with Crippen LogP contribution in [-0.4, -0.2) is 36.2 Å². The molecule has 0 unspecified atom stereocenters. The van der Waals surface area contributed by atoms with Crippen LogP contribution in [0.4, 0.5) is 4.79 Å². The Bertz CT molecular complexity index is 882. The summed E-state index contributed by atoms with van der Waals surface area (Å²) in [5.41, 5.74) is 2.05. The van der Waals surface area contributed by atoms with Crippen LogP contribution >= 0.6 is 39.3 Å². The van der Waals surface area contributed by atoms with Gasteiger partial charge in [0.2, 0.25) is 0 Å². The lowest BCUT2D eigenvalue weighted by Gasteiger charge is -2.39. The van der Waals surface area contributed by atoms with E-state index in [4.69, 9.17) is 16.3 Å². The third kappa shape index (κ3) is 7.19. The van der Waals surface area contributed by atoms with E-state index in [1.807, 2.05) is 44.7 Å². The number of likely N-dealkylation sites (tertiary alicyclic amines) is 1. The molecule has 1 saturated heterocycles. The Labute approximate surface area is 196 Å². The Morgan fingerprint density at radius 1 is 1.27 bits per heavy atom. The van der Waals surface area contributed by atoms with Crippen molar-refractivity contribution < 1.29 is 9.53 Å². The number of benzene rings is 2. The number of carbonyl (C=O) groups is 1. The van der Waals surface area contributed by atoms with Gasteiger partial charge in [0.1, 0.15) is 5.60 Å². The van der Waals surface area contributed by atoms with E-state index in [0.29, 0.717) is 5.92 Å². The van der Waals surface area contributed by atoms with Crippen molar-refractivity contribution in [3.63, 3.8) is 0 Å². The lowest BCUT2D eigenvalue weighted by Crippen LogP contribution is -2.54. The SMILES string of the molecule is CC(C)(C)OC(=O)N1CC(CNCc2cccc(SCc3ccc(Cl)cc3Br)c2)C1. The first-order valence-electron chi connectivity index (χ1n) is 10.0. The molecule has 4 nitrogen and oxygen atoms in total. The number of ether oxygens (including phenoxy) is 1. The van der Waals surface area contributed by atoms with Gasteiger partial charge in [-0.2, -0.15) is 0 Å². The number of rotatable bonds is 7. The summed E-state index contributed by atoms with van der Waals surface area (Å²) in [7, 11) is 0. The average molecular weight is 512 g/mol. The molecule has 1 fully saturated rings. The minimum absolute atomic E-state index is 0.212. The van der Waals surface area contributed by atoms with Crippen LogP contribution in [0.15, 0.2) is 51.8 Å². The smallest absolute Gasteiger partial charge is 0.410 e. The zero-order chi connectivity index (χ0) is 21.7. The maximum absolute atomic E-state index is 12.0. The molecule has 7 heteroatoms. The van der Waals surface area contributed by atoms with Crippen LogP contribution in [0, 0.1) is 5.92 Å². The highest BCUT2D eigenvalue weighted by Crippen LogP contribution is 2.29. The summed E-state index contributed by atoms with van der Waals surface area (Å²) in [5, 5.41) is 4.26. The monoisotopic (exact) mass is 510 g/mol. The number of amides is 1. The molecule has 1 amide bonds. The van der Waals surface area contributed by atoms with E-state index in [9.17, 15) is 4.79 Å². The molecule has 162 valence electrons. The summed E-state index contributed by atoms with van der Waals surface area (Å²) in [6, 6.07) is 14.5. The van der Waals surface area contributed by atoms with E-state index in [1.54, 1.807) is 4.90 Å². The number of carbonyl (C=O) groups excluding carboxylic acids is 1. The molecule has 0 aliphatic carbocycles. The van der Waals surface area contributed by atoms with Gasteiger partial charge in [0, 0.05) is 52.2 Å². The molecule has 30 heavy (non-hydrogen) atoms. The molecule has 1 aliphatic heterocycles. The number of nitrogens with one attached hydrogen (secondary N) is 1. The maximum Gasteiger partial charge on any atom is 0.410 e. The average Bonchev–Trinajstić information content (AvgIpc) is 2.61. The molecule has 0 bridgehead atoms. The van der Waals surface area contributed by atoms with Crippen molar-refractivity contribution in [2.45, 2.75) is 43.6 Å². The van der Waals surface area contributed by atoms with Gasteiger partial charge in [0.05, 0.1) is 0 Å². The highest BCUT2D eigenvalue weighted by atomic mass is 79.9. The number of halogens is 2. The van der Waals surface area contributed by atoms with Crippen molar-refractivity contribution in [3.8, 4) is 0 Å². The largest absolute Gasteiger partial charge is 0.444 e. The van der Waals surface area contributed by atoms with Crippen LogP contribution in [0.2, 0.25) is 5.02 Å². The van der Waals surface area contributed by atoms with Crippen LogP contribution in [-0.2, 0) is 17.0 Å². The van der Waals surface area contributed by atoms with Gasteiger partial charge in [0.25, 0.3) is 0 Å². The van der Waals surface area contributed by atoms with Crippen LogP contribution in [0.3, 0.4) is 0 Å². The summed E-state index contributed by atoms with van der Waals surface area (Å²) in [6.07, 6.45) is -0.212. The van der Waals surface area contributed by atoms with Gasteiger partial charge >= 0.3 is 6.09 Å². The summed E-state index contributed by atoms with van der Waals surface area (Å²) < 4.78 is 6.44. The van der Waals surface area contributed by atoms with Crippen LogP contribution in [0.1, 0.15) is 31.9 Å². The van der Waals surface area contributed by atoms with Gasteiger partial charge in [-0.3, -0.25) is 0 Å². The quantitative estimate of drug-likeness (QED) is 0.440. The third-order valence-electron chi connectivity index (χ3n) is 4.68.